The van der Waals surface area contributed by atoms with Gasteiger partial charge < -0.3 is 9.47 Å². The summed E-state index contributed by atoms with van der Waals surface area (Å²) in [6.07, 6.45) is -1.65. The van der Waals surface area contributed by atoms with Crippen LogP contribution in [0, 0.1) is 0 Å². The number of aromatic amines is 1. The minimum Gasteiger partial charge on any atom is -0.451 e. The van der Waals surface area contributed by atoms with Gasteiger partial charge >= 0.3 is 11.7 Å². The molecule has 1 aromatic heterocycles. The predicted octanol–water partition coefficient (Wildman–Crippen LogP) is 2.39. The van der Waals surface area contributed by atoms with Crippen molar-refractivity contribution in [3.63, 3.8) is 0 Å². The SMILES string of the molecule is C[C@]1(Cl)[C@H](n2ccc(=O)[nH]c2=O)O[C@](F)(CI)[C@H]1OC(=O)c1ccccc1. The van der Waals surface area contributed by atoms with Gasteiger partial charge in [0.2, 0.25) is 0 Å². The van der Waals surface area contributed by atoms with Crippen molar-refractivity contribution >= 4 is 40.2 Å². The molecule has 10 heteroatoms. The van der Waals surface area contributed by atoms with Crippen LogP contribution in [0.25, 0.3) is 0 Å². The second-order valence-corrected chi connectivity index (χ2v) is 7.79. The Morgan fingerprint density at radius 1 is 1.37 bits per heavy atom. The zero-order chi connectivity index (χ0) is 19.8. The van der Waals surface area contributed by atoms with E-state index in [0.29, 0.717) is 0 Å². The summed E-state index contributed by atoms with van der Waals surface area (Å²) in [5.74, 6) is -3.20. The standard InChI is InChI=1S/C17H15ClFIN2O5/c1-16(18)13(26-12(24)10-5-3-2-4-6-10)17(19,9-20)27-14(16)22-8-7-11(23)21-15(22)25/h2-8,13-14H,9H2,1H3,(H,21,23,25)/t13-,14+,16+,17+/m0/s1. The van der Waals surface area contributed by atoms with Gasteiger partial charge in [-0.3, -0.25) is 14.3 Å². The fraction of sp³-hybridized carbons (Fsp3) is 0.353. The maximum atomic E-state index is 15.4. The summed E-state index contributed by atoms with van der Waals surface area (Å²) in [7, 11) is 0. The van der Waals surface area contributed by atoms with Crippen LogP contribution in [-0.4, -0.2) is 36.8 Å². The van der Waals surface area contributed by atoms with Crippen LogP contribution < -0.4 is 11.2 Å². The van der Waals surface area contributed by atoms with Crippen LogP contribution in [0.15, 0.2) is 52.2 Å². The number of halogens is 3. The molecule has 1 fully saturated rings. The van der Waals surface area contributed by atoms with E-state index < -0.39 is 40.3 Å². The lowest BCUT2D eigenvalue weighted by Crippen LogP contribution is -2.48. The molecule has 1 saturated heterocycles. The molecule has 4 atom stereocenters. The first-order chi connectivity index (χ1) is 12.7. The molecule has 3 rings (SSSR count). The number of carbonyl (C=O) groups is 1. The molecule has 0 spiro atoms. The second kappa shape index (κ2) is 7.36. The first-order valence-electron chi connectivity index (χ1n) is 7.88. The first-order valence-corrected chi connectivity index (χ1v) is 9.78. The third kappa shape index (κ3) is 3.67. The molecule has 0 bridgehead atoms. The summed E-state index contributed by atoms with van der Waals surface area (Å²) in [4.78, 5) is 36.3. The smallest absolute Gasteiger partial charge is 0.338 e. The normalized spacial score (nSPS) is 30.2. The van der Waals surface area contributed by atoms with Crippen molar-refractivity contribution in [1.29, 1.82) is 0 Å². The summed E-state index contributed by atoms with van der Waals surface area (Å²) in [5.41, 5.74) is -1.20. The van der Waals surface area contributed by atoms with Gasteiger partial charge in [0.25, 0.3) is 11.4 Å². The lowest BCUT2D eigenvalue weighted by molar-refractivity contribution is -0.170. The van der Waals surface area contributed by atoms with Crippen LogP contribution in [0.5, 0.6) is 0 Å². The highest BCUT2D eigenvalue weighted by atomic mass is 127. The minimum atomic E-state index is -2.43. The Labute approximate surface area is 171 Å². The highest BCUT2D eigenvalue weighted by molar-refractivity contribution is 14.1. The Balaban J connectivity index is 1.98. The largest absolute Gasteiger partial charge is 0.451 e. The zero-order valence-corrected chi connectivity index (χ0v) is 16.9. The molecule has 2 heterocycles. The molecule has 1 aliphatic heterocycles. The molecule has 7 nitrogen and oxygen atoms in total. The Morgan fingerprint density at radius 2 is 2.04 bits per heavy atom. The molecule has 0 saturated carbocycles. The number of ether oxygens (including phenoxy) is 2. The number of H-pyrrole nitrogens is 1. The van der Waals surface area contributed by atoms with Gasteiger partial charge in [-0.2, -0.15) is 0 Å². The van der Waals surface area contributed by atoms with E-state index >= 15 is 4.39 Å². The zero-order valence-electron chi connectivity index (χ0n) is 14.0. The maximum Gasteiger partial charge on any atom is 0.338 e. The van der Waals surface area contributed by atoms with Crippen LogP contribution in [-0.2, 0) is 9.47 Å². The first kappa shape index (κ1) is 20.0. The molecule has 1 aliphatic rings. The number of carbonyl (C=O) groups excluding carboxylic acids is 1. The molecule has 0 radical (unpaired) electrons. The number of rotatable bonds is 4. The lowest BCUT2D eigenvalue weighted by atomic mass is 9.99. The number of nitrogens with zero attached hydrogens (tertiary/aromatic N) is 1. The number of alkyl halides is 3. The number of nitrogens with one attached hydrogen (secondary N) is 1. The van der Waals surface area contributed by atoms with E-state index in [1.54, 1.807) is 40.8 Å². The number of hydrogen-bond donors (Lipinski definition) is 1. The van der Waals surface area contributed by atoms with Crippen molar-refractivity contribution in [3.05, 3.63) is 69.0 Å². The number of aromatic nitrogens is 2. The third-order valence-corrected chi connectivity index (χ3v) is 5.64. The third-order valence-electron chi connectivity index (χ3n) is 4.22. The Morgan fingerprint density at radius 3 is 2.63 bits per heavy atom. The van der Waals surface area contributed by atoms with Gasteiger partial charge in [-0.15, -0.1) is 11.6 Å². The van der Waals surface area contributed by atoms with Crippen LogP contribution in [0.3, 0.4) is 0 Å². The van der Waals surface area contributed by atoms with E-state index in [2.05, 4.69) is 4.98 Å². The fourth-order valence-corrected chi connectivity index (χ4v) is 3.85. The quantitative estimate of drug-likeness (QED) is 0.389. The van der Waals surface area contributed by atoms with Gasteiger partial charge in [-0.05, 0) is 19.1 Å². The van der Waals surface area contributed by atoms with E-state index in [1.165, 1.54) is 19.1 Å². The maximum absolute atomic E-state index is 15.4. The van der Waals surface area contributed by atoms with E-state index in [0.717, 1.165) is 16.8 Å². The van der Waals surface area contributed by atoms with Crippen molar-refractivity contribution in [1.82, 2.24) is 9.55 Å². The summed E-state index contributed by atoms with van der Waals surface area (Å²) in [6.45, 7) is 1.41. The second-order valence-electron chi connectivity index (χ2n) is 6.21. The summed E-state index contributed by atoms with van der Waals surface area (Å²) >= 11 is 8.29. The van der Waals surface area contributed by atoms with Crippen LogP contribution in [0.4, 0.5) is 4.39 Å². The number of hydrogen-bond acceptors (Lipinski definition) is 5. The van der Waals surface area contributed by atoms with Crippen molar-refractivity contribution in [2.75, 3.05) is 4.43 Å². The molecule has 144 valence electrons. The van der Waals surface area contributed by atoms with E-state index in [9.17, 15) is 14.4 Å². The average Bonchev–Trinajstić information content (AvgIpc) is 2.83. The van der Waals surface area contributed by atoms with Gasteiger partial charge in [-0.1, -0.05) is 40.8 Å². The monoisotopic (exact) mass is 508 g/mol. The molecule has 0 amide bonds. The van der Waals surface area contributed by atoms with E-state index in [1.807, 2.05) is 0 Å². The van der Waals surface area contributed by atoms with Crippen molar-refractivity contribution in [2.24, 2.45) is 0 Å². The Hall–Kier alpha value is -1.72. The Bertz CT molecular complexity index is 964. The molecule has 0 unspecified atom stereocenters. The molecule has 27 heavy (non-hydrogen) atoms. The average molecular weight is 509 g/mol. The van der Waals surface area contributed by atoms with E-state index in [4.69, 9.17) is 21.1 Å². The van der Waals surface area contributed by atoms with Gasteiger partial charge in [0.05, 0.1) is 9.99 Å². The molecule has 1 N–H and O–H groups in total. The van der Waals surface area contributed by atoms with Crippen molar-refractivity contribution in [3.8, 4) is 0 Å². The van der Waals surface area contributed by atoms with Crippen LogP contribution in [0.2, 0.25) is 0 Å². The van der Waals surface area contributed by atoms with Crippen LogP contribution in [0.1, 0.15) is 23.5 Å². The highest BCUT2D eigenvalue weighted by Gasteiger charge is 2.65. The van der Waals surface area contributed by atoms with Gasteiger partial charge in [-0.25, -0.2) is 14.0 Å². The molecule has 2 aromatic rings. The Kier molecular flexibility index (Phi) is 5.46. The van der Waals surface area contributed by atoms with Gasteiger partial charge in [0, 0.05) is 12.3 Å². The molecule has 0 aliphatic carbocycles. The topological polar surface area (TPSA) is 90.4 Å². The molecular weight excluding hydrogens is 494 g/mol. The summed E-state index contributed by atoms with van der Waals surface area (Å²) in [5, 5.41) is 0. The van der Waals surface area contributed by atoms with Crippen molar-refractivity contribution < 1.29 is 18.7 Å². The summed E-state index contributed by atoms with van der Waals surface area (Å²) < 4.78 is 27.0. The fourth-order valence-electron chi connectivity index (χ4n) is 2.91. The molecular formula is C17H15ClFIN2O5. The van der Waals surface area contributed by atoms with Crippen molar-refractivity contribution in [2.45, 2.75) is 30.0 Å². The molecule has 1 aromatic carbocycles. The summed E-state index contributed by atoms with van der Waals surface area (Å²) in [6, 6.07) is 9.15. The van der Waals surface area contributed by atoms with Gasteiger partial charge in [0.15, 0.2) is 12.3 Å². The highest BCUT2D eigenvalue weighted by Crippen LogP contribution is 2.51. The number of esters is 1. The minimum absolute atomic E-state index is 0.200. The van der Waals surface area contributed by atoms with Gasteiger partial charge in [0.1, 0.15) is 4.87 Å². The van der Waals surface area contributed by atoms with Crippen LogP contribution >= 0.6 is 34.2 Å². The predicted molar refractivity (Wildman–Crippen MR) is 104 cm³/mol. The number of benzene rings is 1. The van der Waals surface area contributed by atoms with E-state index in [-0.39, 0.29) is 9.99 Å². The lowest BCUT2D eigenvalue weighted by Gasteiger charge is -2.30.